The third kappa shape index (κ3) is 4.11. The molecule has 1 unspecified atom stereocenters. The highest BCUT2D eigenvalue weighted by Gasteiger charge is 2.14. The molecule has 3 N–H and O–H groups in total. The van der Waals surface area contributed by atoms with Gasteiger partial charge in [0.05, 0.1) is 4.92 Å². The first-order valence-electron chi connectivity index (χ1n) is 5.31. The molecule has 0 saturated carbocycles. The number of carbonyl (C=O) groups is 1. The van der Waals surface area contributed by atoms with Crippen LogP contribution in [-0.4, -0.2) is 28.6 Å². The number of rotatable bonds is 6. The van der Waals surface area contributed by atoms with E-state index in [4.69, 9.17) is 15.6 Å². The molecule has 0 fully saturated rings. The van der Waals surface area contributed by atoms with E-state index in [2.05, 4.69) is 0 Å². The highest BCUT2D eigenvalue weighted by atomic mass is 16.6. The molecule has 1 aromatic rings. The van der Waals surface area contributed by atoms with Crippen molar-refractivity contribution in [2.24, 2.45) is 5.73 Å². The van der Waals surface area contributed by atoms with E-state index >= 15 is 0 Å². The largest absolute Gasteiger partial charge is 0.460 e. The minimum Gasteiger partial charge on any atom is -0.460 e. The maximum atomic E-state index is 11.3. The summed E-state index contributed by atoms with van der Waals surface area (Å²) in [6, 6.07) is 4.81. The zero-order valence-electron chi connectivity index (χ0n) is 9.61. The van der Waals surface area contributed by atoms with E-state index in [0.29, 0.717) is 5.56 Å². The summed E-state index contributed by atoms with van der Waals surface area (Å²) in [5.41, 5.74) is 6.04. The first kappa shape index (κ1) is 14.1. The maximum absolute atomic E-state index is 11.3. The third-order valence-electron chi connectivity index (χ3n) is 2.27. The lowest BCUT2D eigenvalue weighted by atomic mass is 10.2. The van der Waals surface area contributed by atoms with Crippen molar-refractivity contribution in [2.75, 3.05) is 6.61 Å². The van der Waals surface area contributed by atoms with E-state index in [1.54, 1.807) is 0 Å². The van der Waals surface area contributed by atoms with Gasteiger partial charge in [0.15, 0.2) is 0 Å². The standard InChI is InChI=1S/C11H14N2O5/c12-10(5-6-14)11(15)18-7-8-1-3-9(4-2-8)13(16)17/h1-4,10,14H,5-7,12H2. The molecule has 0 saturated heterocycles. The minimum atomic E-state index is -0.854. The average Bonchev–Trinajstić information content (AvgIpc) is 2.36. The van der Waals surface area contributed by atoms with Crippen molar-refractivity contribution in [3.63, 3.8) is 0 Å². The van der Waals surface area contributed by atoms with E-state index in [-0.39, 0.29) is 25.3 Å². The molecule has 0 aromatic heterocycles. The Bertz CT molecular complexity index is 418. The van der Waals surface area contributed by atoms with E-state index < -0.39 is 16.9 Å². The second-order valence-electron chi connectivity index (χ2n) is 3.65. The zero-order valence-corrected chi connectivity index (χ0v) is 9.61. The summed E-state index contributed by atoms with van der Waals surface area (Å²) in [5.74, 6) is -0.609. The molecule has 18 heavy (non-hydrogen) atoms. The number of benzene rings is 1. The van der Waals surface area contributed by atoms with E-state index in [0.717, 1.165) is 0 Å². The van der Waals surface area contributed by atoms with Gasteiger partial charge in [-0.25, -0.2) is 0 Å². The van der Waals surface area contributed by atoms with Crippen LogP contribution in [-0.2, 0) is 16.1 Å². The number of carbonyl (C=O) groups excluding carboxylic acids is 1. The molecule has 1 rings (SSSR count). The first-order valence-corrected chi connectivity index (χ1v) is 5.31. The quantitative estimate of drug-likeness (QED) is 0.430. The van der Waals surface area contributed by atoms with Crippen LogP contribution in [0.3, 0.4) is 0 Å². The summed E-state index contributed by atoms with van der Waals surface area (Å²) in [6.07, 6.45) is 0.138. The normalized spacial score (nSPS) is 11.9. The van der Waals surface area contributed by atoms with Crippen molar-refractivity contribution >= 4 is 11.7 Å². The van der Waals surface area contributed by atoms with Crippen molar-refractivity contribution in [3.05, 3.63) is 39.9 Å². The summed E-state index contributed by atoms with van der Waals surface area (Å²) in [7, 11) is 0. The van der Waals surface area contributed by atoms with Gasteiger partial charge in [0, 0.05) is 18.7 Å². The Hall–Kier alpha value is -1.99. The predicted octanol–water partition coefficient (Wildman–Crippen LogP) is 0.348. The number of hydrogen-bond acceptors (Lipinski definition) is 6. The molecule has 98 valence electrons. The molecule has 7 heteroatoms. The monoisotopic (exact) mass is 254 g/mol. The van der Waals surface area contributed by atoms with Crippen molar-refractivity contribution in [2.45, 2.75) is 19.1 Å². The lowest BCUT2D eigenvalue weighted by molar-refractivity contribution is -0.384. The molecule has 0 heterocycles. The predicted molar refractivity (Wildman–Crippen MR) is 62.6 cm³/mol. The highest BCUT2D eigenvalue weighted by molar-refractivity contribution is 5.75. The second kappa shape index (κ2) is 6.67. The Morgan fingerprint density at radius 2 is 2.06 bits per heavy atom. The molecular formula is C11H14N2O5. The number of ether oxygens (including phenoxy) is 1. The van der Waals surface area contributed by atoms with Gasteiger partial charge in [-0.15, -0.1) is 0 Å². The molecule has 7 nitrogen and oxygen atoms in total. The Balaban J connectivity index is 2.48. The van der Waals surface area contributed by atoms with Gasteiger partial charge in [-0.1, -0.05) is 0 Å². The molecule has 0 amide bonds. The molecule has 0 aliphatic heterocycles. The number of nitrogens with zero attached hydrogens (tertiary/aromatic N) is 1. The second-order valence-corrected chi connectivity index (χ2v) is 3.65. The Morgan fingerprint density at radius 1 is 1.44 bits per heavy atom. The lowest BCUT2D eigenvalue weighted by Crippen LogP contribution is -2.33. The third-order valence-corrected chi connectivity index (χ3v) is 2.27. The van der Waals surface area contributed by atoms with Gasteiger partial charge < -0.3 is 15.6 Å². The topological polar surface area (TPSA) is 116 Å². The molecule has 0 aliphatic carbocycles. The fraction of sp³-hybridized carbons (Fsp3) is 0.364. The lowest BCUT2D eigenvalue weighted by Gasteiger charge is -2.09. The molecule has 0 aliphatic rings. The number of nitro groups is 1. The van der Waals surface area contributed by atoms with Crippen molar-refractivity contribution in [3.8, 4) is 0 Å². The van der Waals surface area contributed by atoms with Gasteiger partial charge in [0.2, 0.25) is 0 Å². The fourth-order valence-corrected chi connectivity index (χ4v) is 1.23. The van der Waals surface area contributed by atoms with Gasteiger partial charge in [-0.05, 0) is 24.1 Å². The first-order chi connectivity index (χ1) is 8.54. The number of aliphatic hydroxyl groups excluding tert-OH is 1. The van der Waals surface area contributed by atoms with Crippen LogP contribution in [0, 0.1) is 10.1 Å². The van der Waals surface area contributed by atoms with Gasteiger partial charge in [-0.2, -0.15) is 0 Å². The van der Waals surface area contributed by atoms with Crippen LogP contribution in [0.1, 0.15) is 12.0 Å². The highest BCUT2D eigenvalue weighted by Crippen LogP contribution is 2.12. The van der Waals surface area contributed by atoms with Gasteiger partial charge in [-0.3, -0.25) is 14.9 Å². The van der Waals surface area contributed by atoms with Crippen LogP contribution in [0.2, 0.25) is 0 Å². The summed E-state index contributed by atoms with van der Waals surface area (Å²) in [4.78, 5) is 21.2. The molecule has 0 bridgehead atoms. The molecule has 1 atom stereocenters. The Morgan fingerprint density at radius 3 is 2.56 bits per heavy atom. The van der Waals surface area contributed by atoms with E-state index in [9.17, 15) is 14.9 Å². The smallest absolute Gasteiger partial charge is 0.323 e. The van der Waals surface area contributed by atoms with Crippen LogP contribution in [0.5, 0.6) is 0 Å². The van der Waals surface area contributed by atoms with Crippen molar-refractivity contribution in [1.29, 1.82) is 0 Å². The van der Waals surface area contributed by atoms with Gasteiger partial charge >= 0.3 is 5.97 Å². The maximum Gasteiger partial charge on any atom is 0.323 e. The van der Waals surface area contributed by atoms with Crippen molar-refractivity contribution in [1.82, 2.24) is 0 Å². The van der Waals surface area contributed by atoms with Crippen LogP contribution < -0.4 is 5.73 Å². The zero-order chi connectivity index (χ0) is 13.5. The van der Waals surface area contributed by atoms with E-state index in [1.165, 1.54) is 24.3 Å². The van der Waals surface area contributed by atoms with Gasteiger partial charge in [0.25, 0.3) is 5.69 Å². The summed E-state index contributed by atoms with van der Waals surface area (Å²) in [6.45, 7) is -0.191. The SMILES string of the molecule is NC(CCO)C(=O)OCc1ccc([N+](=O)[O-])cc1. The molecular weight excluding hydrogens is 240 g/mol. The Labute approximate surface area is 103 Å². The van der Waals surface area contributed by atoms with Gasteiger partial charge in [0.1, 0.15) is 12.6 Å². The fourth-order valence-electron chi connectivity index (χ4n) is 1.23. The van der Waals surface area contributed by atoms with E-state index in [1.807, 2.05) is 0 Å². The summed E-state index contributed by atoms with van der Waals surface area (Å²) >= 11 is 0. The number of aliphatic hydroxyl groups is 1. The number of hydrogen-bond donors (Lipinski definition) is 2. The molecule has 0 spiro atoms. The number of non-ortho nitro benzene ring substituents is 1. The summed E-state index contributed by atoms with van der Waals surface area (Å²) in [5, 5.41) is 19.0. The Kier molecular flexibility index (Phi) is 5.22. The molecule has 1 aromatic carbocycles. The van der Waals surface area contributed by atoms with Crippen LogP contribution in [0.25, 0.3) is 0 Å². The molecule has 0 radical (unpaired) electrons. The van der Waals surface area contributed by atoms with Crippen molar-refractivity contribution < 1.29 is 19.6 Å². The van der Waals surface area contributed by atoms with Crippen LogP contribution in [0.4, 0.5) is 5.69 Å². The number of esters is 1. The number of nitro benzene ring substituents is 1. The average molecular weight is 254 g/mol. The van der Waals surface area contributed by atoms with Crippen LogP contribution >= 0.6 is 0 Å². The minimum absolute atomic E-state index is 0.00401. The summed E-state index contributed by atoms with van der Waals surface area (Å²) < 4.78 is 4.90. The van der Waals surface area contributed by atoms with Crippen LogP contribution in [0.15, 0.2) is 24.3 Å². The number of nitrogens with two attached hydrogens (primary N) is 1.